The number of nitrogens with one attached hydrogen (secondary N) is 1. The number of anilines is 1. The Labute approximate surface area is 164 Å². The average molecular weight is 401 g/mol. The summed E-state index contributed by atoms with van der Waals surface area (Å²) in [7, 11) is 0. The Bertz CT molecular complexity index is 995. The van der Waals surface area contributed by atoms with E-state index < -0.39 is 11.8 Å². The van der Waals surface area contributed by atoms with Gasteiger partial charge in [-0.05, 0) is 47.7 Å². The minimum atomic E-state index is -0.513. The zero-order valence-corrected chi connectivity index (χ0v) is 15.6. The van der Waals surface area contributed by atoms with Crippen molar-refractivity contribution in [2.24, 2.45) is 0 Å². The van der Waals surface area contributed by atoms with E-state index >= 15 is 0 Å². The number of tetrazole rings is 1. The van der Waals surface area contributed by atoms with Gasteiger partial charge in [0, 0.05) is 0 Å². The molecule has 0 unspecified atom stereocenters. The van der Waals surface area contributed by atoms with Crippen LogP contribution < -0.4 is 5.32 Å². The van der Waals surface area contributed by atoms with E-state index in [1.54, 1.807) is 43.3 Å². The largest absolute Gasteiger partial charge is 0.462 e. The number of para-hydroxylation sites is 1. The lowest BCUT2D eigenvalue weighted by Crippen LogP contribution is -2.17. The fourth-order valence-electron chi connectivity index (χ4n) is 2.33. The SMILES string of the molecule is CCOC(=O)c1ccccc1NC(=O)CSc1nnnn1-c1cccc(F)c1. The van der Waals surface area contributed by atoms with Crippen LogP contribution in [0.25, 0.3) is 5.69 Å². The van der Waals surface area contributed by atoms with Crippen LogP contribution in [0.4, 0.5) is 10.1 Å². The Morgan fingerprint density at radius 1 is 1.21 bits per heavy atom. The van der Waals surface area contributed by atoms with Gasteiger partial charge in [-0.3, -0.25) is 4.79 Å². The smallest absolute Gasteiger partial charge is 0.340 e. The van der Waals surface area contributed by atoms with Crippen LogP contribution in [0.15, 0.2) is 53.7 Å². The third-order valence-electron chi connectivity index (χ3n) is 3.52. The molecule has 3 rings (SSSR count). The molecule has 0 bridgehead atoms. The monoisotopic (exact) mass is 401 g/mol. The summed E-state index contributed by atoms with van der Waals surface area (Å²) in [6.45, 7) is 1.94. The predicted molar refractivity (Wildman–Crippen MR) is 101 cm³/mol. The maximum atomic E-state index is 13.4. The molecule has 28 heavy (non-hydrogen) atoms. The molecule has 0 fully saturated rings. The number of hydrogen-bond acceptors (Lipinski definition) is 7. The van der Waals surface area contributed by atoms with Crippen molar-refractivity contribution in [2.75, 3.05) is 17.7 Å². The van der Waals surface area contributed by atoms with Gasteiger partial charge in [0.1, 0.15) is 5.82 Å². The molecule has 0 aliphatic rings. The molecule has 0 atom stereocenters. The quantitative estimate of drug-likeness (QED) is 0.480. The summed E-state index contributed by atoms with van der Waals surface area (Å²) in [6, 6.07) is 12.4. The van der Waals surface area contributed by atoms with Crippen molar-refractivity contribution >= 4 is 29.3 Å². The average Bonchev–Trinajstić information content (AvgIpc) is 3.16. The molecule has 0 aliphatic carbocycles. The van der Waals surface area contributed by atoms with E-state index in [0.717, 1.165) is 11.8 Å². The van der Waals surface area contributed by atoms with Crippen LogP contribution in [-0.2, 0) is 9.53 Å². The van der Waals surface area contributed by atoms with Gasteiger partial charge < -0.3 is 10.1 Å². The molecule has 10 heteroatoms. The number of esters is 1. The summed E-state index contributed by atoms with van der Waals surface area (Å²) in [4.78, 5) is 24.3. The highest BCUT2D eigenvalue weighted by Crippen LogP contribution is 2.20. The van der Waals surface area contributed by atoms with Crippen LogP contribution in [0.3, 0.4) is 0 Å². The normalized spacial score (nSPS) is 10.5. The summed E-state index contributed by atoms with van der Waals surface area (Å²) < 4.78 is 19.7. The number of halogens is 1. The molecule has 0 saturated carbocycles. The number of carbonyl (C=O) groups is 2. The van der Waals surface area contributed by atoms with Gasteiger partial charge in [-0.15, -0.1) is 5.10 Å². The lowest BCUT2D eigenvalue weighted by molar-refractivity contribution is -0.113. The van der Waals surface area contributed by atoms with Gasteiger partial charge in [0.2, 0.25) is 11.1 Å². The number of nitrogens with zero attached hydrogens (tertiary/aromatic N) is 4. The summed E-state index contributed by atoms with van der Waals surface area (Å²) in [5, 5.41) is 14.3. The molecule has 144 valence electrons. The minimum Gasteiger partial charge on any atom is -0.462 e. The maximum Gasteiger partial charge on any atom is 0.340 e. The fourth-order valence-corrected chi connectivity index (χ4v) is 3.03. The molecule has 0 saturated heterocycles. The Kier molecular flexibility index (Phi) is 6.33. The number of carbonyl (C=O) groups excluding carboxylic acids is 2. The minimum absolute atomic E-state index is 0.00709. The van der Waals surface area contributed by atoms with Crippen molar-refractivity contribution in [1.82, 2.24) is 20.2 Å². The van der Waals surface area contributed by atoms with E-state index in [0.29, 0.717) is 16.5 Å². The highest BCUT2D eigenvalue weighted by Gasteiger charge is 2.16. The molecule has 1 N–H and O–H groups in total. The molecule has 1 amide bonds. The van der Waals surface area contributed by atoms with Crippen LogP contribution in [0.5, 0.6) is 0 Å². The number of ether oxygens (including phenoxy) is 1. The molecule has 2 aromatic carbocycles. The molecule has 0 aliphatic heterocycles. The molecular formula is C18H16FN5O3S. The van der Waals surface area contributed by atoms with E-state index in [1.807, 2.05) is 0 Å². The molecule has 8 nitrogen and oxygen atoms in total. The second-order valence-electron chi connectivity index (χ2n) is 5.46. The first-order valence-corrected chi connectivity index (χ1v) is 9.30. The van der Waals surface area contributed by atoms with E-state index in [4.69, 9.17) is 4.74 Å². The lowest BCUT2D eigenvalue weighted by atomic mass is 10.2. The number of rotatable bonds is 7. The first kappa shape index (κ1) is 19.5. The van der Waals surface area contributed by atoms with Crippen LogP contribution in [-0.4, -0.2) is 44.4 Å². The van der Waals surface area contributed by atoms with Crippen LogP contribution in [0.2, 0.25) is 0 Å². The molecule has 0 spiro atoms. The highest BCUT2D eigenvalue weighted by atomic mass is 32.2. The van der Waals surface area contributed by atoms with Crippen molar-refractivity contribution in [3.05, 3.63) is 59.9 Å². The van der Waals surface area contributed by atoms with Crippen LogP contribution >= 0.6 is 11.8 Å². The molecular weight excluding hydrogens is 385 g/mol. The van der Waals surface area contributed by atoms with Gasteiger partial charge in [-0.2, -0.15) is 4.68 Å². The third-order valence-corrected chi connectivity index (χ3v) is 4.44. The second kappa shape index (κ2) is 9.09. The fraction of sp³-hybridized carbons (Fsp3) is 0.167. The third kappa shape index (κ3) is 4.71. The van der Waals surface area contributed by atoms with Crippen molar-refractivity contribution < 1.29 is 18.7 Å². The van der Waals surface area contributed by atoms with E-state index in [-0.39, 0.29) is 23.8 Å². The number of hydrogen-bond donors (Lipinski definition) is 1. The van der Waals surface area contributed by atoms with Gasteiger partial charge in [-0.1, -0.05) is 30.0 Å². The lowest BCUT2D eigenvalue weighted by Gasteiger charge is -2.10. The topological polar surface area (TPSA) is 99.0 Å². The summed E-state index contributed by atoms with van der Waals surface area (Å²) >= 11 is 1.08. The standard InChI is InChI=1S/C18H16FN5O3S/c1-2-27-17(26)14-8-3-4-9-15(14)20-16(25)11-28-18-21-22-23-24(18)13-7-5-6-12(19)10-13/h3-10H,2,11H2,1H3,(H,20,25). The van der Waals surface area contributed by atoms with Gasteiger partial charge >= 0.3 is 5.97 Å². The van der Waals surface area contributed by atoms with Crippen LogP contribution in [0.1, 0.15) is 17.3 Å². The van der Waals surface area contributed by atoms with Crippen molar-refractivity contribution in [3.63, 3.8) is 0 Å². The molecule has 1 aromatic heterocycles. The zero-order chi connectivity index (χ0) is 19.9. The number of aromatic nitrogens is 4. The predicted octanol–water partition coefficient (Wildman–Crippen LogP) is 2.71. The molecule has 0 radical (unpaired) electrons. The van der Waals surface area contributed by atoms with Gasteiger partial charge in [0.05, 0.1) is 29.3 Å². The van der Waals surface area contributed by atoms with E-state index in [9.17, 15) is 14.0 Å². The summed E-state index contributed by atoms with van der Waals surface area (Å²) in [5.41, 5.74) is 1.07. The maximum absolute atomic E-state index is 13.4. The number of thioether (sulfide) groups is 1. The first-order valence-electron chi connectivity index (χ1n) is 8.31. The summed E-state index contributed by atoms with van der Waals surface area (Å²) in [5.74, 6) is -1.29. The Hall–Kier alpha value is -3.27. The van der Waals surface area contributed by atoms with Gasteiger partial charge in [0.15, 0.2) is 0 Å². The molecule has 1 heterocycles. The Morgan fingerprint density at radius 3 is 2.82 bits per heavy atom. The highest BCUT2D eigenvalue weighted by molar-refractivity contribution is 7.99. The number of benzene rings is 2. The van der Waals surface area contributed by atoms with Crippen molar-refractivity contribution in [1.29, 1.82) is 0 Å². The van der Waals surface area contributed by atoms with Crippen molar-refractivity contribution in [3.8, 4) is 5.69 Å². The van der Waals surface area contributed by atoms with Crippen molar-refractivity contribution in [2.45, 2.75) is 12.1 Å². The number of amides is 1. The first-order chi connectivity index (χ1) is 13.6. The van der Waals surface area contributed by atoms with Crippen LogP contribution in [0, 0.1) is 5.82 Å². The van der Waals surface area contributed by atoms with E-state index in [2.05, 4.69) is 20.8 Å². The zero-order valence-electron chi connectivity index (χ0n) is 14.8. The molecule has 3 aromatic rings. The second-order valence-corrected chi connectivity index (χ2v) is 6.40. The van der Waals surface area contributed by atoms with Gasteiger partial charge in [0.25, 0.3) is 0 Å². The Morgan fingerprint density at radius 2 is 2.04 bits per heavy atom. The van der Waals surface area contributed by atoms with E-state index in [1.165, 1.54) is 16.8 Å². The summed E-state index contributed by atoms with van der Waals surface area (Å²) in [6.07, 6.45) is 0. The van der Waals surface area contributed by atoms with Gasteiger partial charge in [-0.25, -0.2) is 9.18 Å². The Balaban J connectivity index is 1.67.